The van der Waals surface area contributed by atoms with Gasteiger partial charge in [0, 0.05) is 26.2 Å². The van der Waals surface area contributed by atoms with Crippen molar-refractivity contribution in [2.24, 2.45) is 0 Å². The number of hydrogen-bond acceptors (Lipinski definition) is 5. The Morgan fingerprint density at radius 1 is 1.42 bits per heavy atom. The second-order valence-corrected chi connectivity index (χ2v) is 6.53. The molecule has 1 fully saturated rings. The largest absolute Gasteiger partial charge is 0.334 e. The molecule has 1 aromatic carbocycles. The van der Waals surface area contributed by atoms with E-state index >= 15 is 0 Å². The maximum Gasteiger partial charge on any atom is 0.317 e. The molecule has 0 saturated carbocycles. The van der Waals surface area contributed by atoms with Crippen LogP contribution < -0.4 is 5.32 Å². The first-order chi connectivity index (χ1) is 11.7. The fraction of sp³-hybridized carbons (Fsp3) is 0.588. The highest BCUT2D eigenvalue weighted by Gasteiger charge is 2.22. The summed E-state index contributed by atoms with van der Waals surface area (Å²) in [6.45, 7) is 5.91. The van der Waals surface area contributed by atoms with Gasteiger partial charge in [0.15, 0.2) is 0 Å². The Balaban J connectivity index is 1.54. The number of fused-ring (bicyclic) bond motifs is 1. The quantitative estimate of drug-likeness (QED) is 0.909. The summed E-state index contributed by atoms with van der Waals surface area (Å²) in [6.07, 6.45) is 3.35. The van der Waals surface area contributed by atoms with Crippen LogP contribution in [0.3, 0.4) is 0 Å². The van der Waals surface area contributed by atoms with Crippen molar-refractivity contribution in [2.45, 2.75) is 38.8 Å². The fourth-order valence-corrected chi connectivity index (χ4v) is 3.25. The zero-order valence-corrected chi connectivity index (χ0v) is 14.4. The summed E-state index contributed by atoms with van der Waals surface area (Å²) in [6, 6.07) is 5.91. The summed E-state index contributed by atoms with van der Waals surface area (Å²) >= 11 is 0. The molecule has 1 aliphatic rings. The van der Waals surface area contributed by atoms with E-state index in [1.54, 1.807) is 4.90 Å². The number of nitrogens with zero attached hydrogens (tertiary/aromatic N) is 4. The molecule has 0 bridgehead atoms. The van der Waals surface area contributed by atoms with Crippen LogP contribution in [0.2, 0.25) is 0 Å². The molecular weight excluding hydrogens is 306 g/mol. The number of carbonyl (C=O) groups is 1. The molecule has 1 unspecified atom stereocenters. The third-order valence-corrected chi connectivity index (χ3v) is 4.46. The predicted molar refractivity (Wildman–Crippen MR) is 91.6 cm³/mol. The number of aromatic nitrogens is 2. The third kappa shape index (κ3) is 4.03. The van der Waals surface area contributed by atoms with Gasteiger partial charge in [-0.15, -0.1) is 0 Å². The minimum absolute atomic E-state index is 0.0308. The first-order valence-corrected chi connectivity index (χ1v) is 8.61. The van der Waals surface area contributed by atoms with Crippen LogP contribution in [0.4, 0.5) is 4.79 Å². The Kier molecular flexibility index (Phi) is 5.30. The molecule has 1 saturated heterocycles. The summed E-state index contributed by atoms with van der Waals surface area (Å²) in [5, 5.41) is 10.8. The number of rotatable bonds is 5. The summed E-state index contributed by atoms with van der Waals surface area (Å²) in [5.41, 5.74) is 2.44. The van der Waals surface area contributed by atoms with Gasteiger partial charge in [0.2, 0.25) is 0 Å². The van der Waals surface area contributed by atoms with E-state index in [1.807, 2.05) is 25.2 Å². The number of benzene rings is 1. The molecule has 1 aliphatic heterocycles. The molecule has 1 N–H and O–H groups in total. The van der Waals surface area contributed by atoms with Crippen LogP contribution in [0.1, 0.15) is 31.7 Å². The van der Waals surface area contributed by atoms with Gasteiger partial charge >= 0.3 is 6.03 Å². The Labute approximate surface area is 141 Å². The van der Waals surface area contributed by atoms with E-state index in [1.165, 1.54) is 0 Å². The van der Waals surface area contributed by atoms with Gasteiger partial charge in [-0.2, -0.15) is 0 Å². The van der Waals surface area contributed by atoms with Crippen LogP contribution in [0.25, 0.3) is 11.0 Å². The van der Waals surface area contributed by atoms with Gasteiger partial charge in [-0.25, -0.2) is 9.42 Å². The van der Waals surface area contributed by atoms with Crippen LogP contribution >= 0.6 is 0 Å². The topological polar surface area (TPSA) is 74.5 Å². The van der Waals surface area contributed by atoms with Crippen molar-refractivity contribution >= 4 is 17.1 Å². The number of nitrogens with one attached hydrogen (secondary N) is 1. The van der Waals surface area contributed by atoms with Crippen LogP contribution in [-0.4, -0.2) is 58.9 Å². The highest BCUT2D eigenvalue weighted by molar-refractivity contribution is 5.75. The van der Waals surface area contributed by atoms with Crippen molar-refractivity contribution in [1.29, 1.82) is 0 Å². The molecule has 7 heteroatoms. The van der Waals surface area contributed by atoms with Crippen LogP contribution in [0.15, 0.2) is 22.8 Å². The lowest BCUT2D eigenvalue weighted by molar-refractivity contribution is 0.171. The zero-order chi connectivity index (χ0) is 16.9. The maximum absolute atomic E-state index is 12.4. The fourth-order valence-electron chi connectivity index (χ4n) is 3.25. The lowest BCUT2D eigenvalue weighted by Crippen LogP contribution is -2.50. The number of carbonyl (C=O) groups excluding carboxylic acids is 1. The standard InChI is InChI=1S/C17H25N5O2/c1-3-8-22-9-4-5-14(12-22)18-17(23)21(2)11-13-6-7-15-16(10-13)20-24-19-15/h6-7,10,14H,3-5,8-9,11-12H2,1-2H3,(H,18,23). The van der Waals surface area contributed by atoms with Gasteiger partial charge in [-0.3, -0.25) is 0 Å². The SMILES string of the molecule is CCCN1CCCC(NC(=O)N(C)Cc2ccc3nonc3c2)C1. The summed E-state index contributed by atoms with van der Waals surface area (Å²) in [4.78, 5) is 16.6. The molecule has 2 heterocycles. The minimum Gasteiger partial charge on any atom is -0.334 e. The molecule has 7 nitrogen and oxygen atoms in total. The second kappa shape index (κ2) is 7.61. The number of urea groups is 1. The van der Waals surface area contributed by atoms with Crippen LogP contribution in [0.5, 0.6) is 0 Å². The summed E-state index contributed by atoms with van der Waals surface area (Å²) in [7, 11) is 1.81. The Morgan fingerprint density at radius 3 is 3.08 bits per heavy atom. The number of amides is 2. The number of hydrogen-bond donors (Lipinski definition) is 1. The lowest BCUT2D eigenvalue weighted by Gasteiger charge is -2.33. The van der Waals surface area contributed by atoms with Crippen LogP contribution in [-0.2, 0) is 6.54 Å². The van der Waals surface area contributed by atoms with Crippen molar-refractivity contribution in [3.8, 4) is 0 Å². The average Bonchev–Trinajstić information content (AvgIpc) is 3.03. The van der Waals surface area contributed by atoms with Crippen LogP contribution in [0, 0.1) is 0 Å². The molecule has 1 aromatic heterocycles. The smallest absolute Gasteiger partial charge is 0.317 e. The first kappa shape index (κ1) is 16.7. The van der Waals surface area contributed by atoms with Gasteiger partial charge in [0.1, 0.15) is 11.0 Å². The molecule has 2 amide bonds. The molecule has 0 radical (unpaired) electrons. The highest BCUT2D eigenvalue weighted by Crippen LogP contribution is 2.14. The second-order valence-electron chi connectivity index (χ2n) is 6.53. The van der Waals surface area contributed by atoms with E-state index < -0.39 is 0 Å². The monoisotopic (exact) mass is 331 g/mol. The van der Waals surface area contributed by atoms with Crippen molar-refractivity contribution < 1.29 is 9.42 Å². The molecule has 24 heavy (non-hydrogen) atoms. The Morgan fingerprint density at radius 2 is 2.25 bits per heavy atom. The van der Waals surface area contributed by atoms with Gasteiger partial charge in [0.25, 0.3) is 0 Å². The van der Waals surface area contributed by atoms with E-state index in [0.717, 1.165) is 50.0 Å². The molecule has 3 rings (SSSR count). The van der Waals surface area contributed by atoms with Crippen molar-refractivity contribution in [2.75, 3.05) is 26.7 Å². The summed E-state index contributed by atoms with van der Waals surface area (Å²) in [5.74, 6) is 0. The Hall–Kier alpha value is -2.15. The van der Waals surface area contributed by atoms with E-state index in [0.29, 0.717) is 12.1 Å². The minimum atomic E-state index is -0.0308. The first-order valence-electron chi connectivity index (χ1n) is 8.61. The molecule has 0 aliphatic carbocycles. The van der Waals surface area contributed by atoms with Gasteiger partial charge in [-0.05, 0) is 60.4 Å². The number of likely N-dealkylation sites (tertiary alicyclic amines) is 1. The van der Waals surface area contributed by atoms with E-state index in [2.05, 4.69) is 27.5 Å². The predicted octanol–water partition coefficient (Wildman–Crippen LogP) is 2.24. The average molecular weight is 331 g/mol. The molecular formula is C17H25N5O2. The van der Waals surface area contributed by atoms with Gasteiger partial charge in [0.05, 0.1) is 0 Å². The maximum atomic E-state index is 12.4. The molecule has 0 spiro atoms. The molecule has 1 atom stereocenters. The van der Waals surface area contributed by atoms with Crippen molar-refractivity contribution in [3.63, 3.8) is 0 Å². The summed E-state index contributed by atoms with van der Waals surface area (Å²) < 4.78 is 4.71. The lowest BCUT2D eigenvalue weighted by atomic mass is 10.1. The van der Waals surface area contributed by atoms with Gasteiger partial charge in [-0.1, -0.05) is 13.0 Å². The number of piperidine rings is 1. The van der Waals surface area contributed by atoms with E-state index in [-0.39, 0.29) is 12.1 Å². The zero-order valence-electron chi connectivity index (χ0n) is 14.4. The normalized spacial score (nSPS) is 18.7. The van der Waals surface area contributed by atoms with E-state index in [4.69, 9.17) is 4.63 Å². The molecule has 2 aromatic rings. The molecule has 130 valence electrons. The van der Waals surface area contributed by atoms with Crippen molar-refractivity contribution in [3.05, 3.63) is 23.8 Å². The van der Waals surface area contributed by atoms with E-state index in [9.17, 15) is 4.79 Å². The highest BCUT2D eigenvalue weighted by atomic mass is 16.6. The van der Waals surface area contributed by atoms with Crippen molar-refractivity contribution in [1.82, 2.24) is 25.4 Å². The third-order valence-electron chi connectivity index (χ3n) is 4.46. The van der Waals surface area contributed by atoms with Gasteiger partial charge < -0.3 is 15.1 Å². The Bertz CT molecular complexity index is 684.